The number of piperidine rings is 1. The largest absolute Gasteiger partial charge is 0.480 e. The number of hydrogen-bond acceptors (Lipinski definition) is 9. The summed E-state index contributed by atoms with van der Waals surface area (Å²) in [6, 6.07) is 12.5. The third-order valence-electron chi connectivity index (χ3n) is 8.89. The van der Waals surface area contributed by atoms with Crippen molar-refractivity contribution in [3.05, 3.63) is 83.0 Å². The van der Waals surface area contributed by atoms with Crippen molar-refractivity contribution in [2.75, 3.05) is 33.9 Å². The van der Waals surface area contributed by atoms with E-state index in [1.807, 2.05) is 30.5 Å². The lowest BCUT2D eigenvalue weighted by Gasteiger charge is -2.26. The predicted molar refractivity (Wildman–Crippen MR) is 183 cm³/mol. The first kappa shape index (κ1) is 31.9. The van der Waals surface area contributed by atoms with Crippen molar-refractivity contribution in [2.45, 2.75) is 58.2 Å². The van der Waals surface area contributed by atoms with Gasteiger partial charge >= 0.3 is 0 Å². The molecule has 0 unspecified atom stereocenters. The number of ether oxygens (including phenoxy) is 2. The fourth-order valence-corrected chi connectivity index (χ4v) is 6.71. The molecular formula is C36H42ClN7O2. The molecule has 2 N–H and O–H groups in total. The molecule has 2 saturated heterocycles. The summed E-state index contributed by atoms with van der Waals surface area (Å²) in [5, 5.41) is 7.47. The lowest BCUT2D eigenvalue weighted by atomic mass is 9.93. The second-order valence-electron chi connectivity index (χ2n) is 12.0. The van der Waals surface area contributed by atoms with Crippen LogP contribution in [0.1, 0.15) is 49.1 Å². The summed E-state index contributed by atoms with van der Waals surface area (Å²) in [6.07, 6.45) is 9.45. The maximum absolute atomic E-state index is 7.12. The molecule has 2 aliphatic heterocycles. The van der Waals surface area contributed by atoms with Gasteiger partial charge in [-0.3, -0.25) is 14.9 Å². The Morgan fingerprint density at radius 3 is 2.22 bits per heavy atom. The molecule has 10 heteroatoms. The van der Waals surface area contributed by atoms with Gasteiger partial charge in [0, 0.05) is 48.1 Å². The number of aromatic nitrogens is 4. The maximum atomic E-state index is 7.12. The number of nitrogens with one attached hydrogen (secondary N) is 2. The van der Waals surface area contributed by atoms with E-state index in [1.54, 1.807) is 20.4 Å². The first-order valence-corrected chi connectivity index (χ1v) is 16.4. The van der Waals surface area contributed by atoms with Crippen molar-refractivity contribution < 1.29 is 9.47 Å². The molecule has 4 heterocycles. The summed E-state index contributed by atoms with van der Waals surface area (Å²) in [4.78, 5) is 21.6. The summed E-state index contributed by atoms with van der Waals surface area (Å²) in [5.41, 5.74) is 8.84. The summed E-state index contributed by atoms with van der Waals surface area (Å²) >= 11 is 7.12. The molecule has 0 bridgehead atoms. The molecule has 0 radical (unpaired) electrons. The third kappa shape index (κ3) is 7.02. The number of allylic oxidation sites excluding steroid dienone is 1. The van der Waals surface area contributed by atoms with Gasteiger partial charge in [0.25, 0.3) is 0 Å². The topological polar surface area (TPSA) is 97.3 Å². The predicted octanol–water partition coefficient (Wildman–Crippen LogP) is 6.59. The van der Waals surface area contributed by atoms with Gasteiger partial charge < -0.3 is 20.1 Å². The zero-order chi connectivity index (χ0) is 32.0. The van der Waals surface area contributed by atoms with Gasteiger partial charge in [0.15, 0.2) is 0 Å². The molecule has 0 spiro atoms. The number of nitrogens with zero attached hydrogens (tertiary/aromatic N) is 5. The second kappa shape index (κ2) is 14.6. The van der Waals surface area contributed by atoms with Gasteiger partial charge in [-0.1, -0.05) is 61.0 Å². The van der Waals surface area contributed by atoms with Crippen molar-refractivity contribution in [1.29, 1.82) is 0 Å². The monoisotopic (exact) mass is 639 g/mol. The molecule has 2 aromatic heterocycles. The Hall–Kier alpha value is -4.05. The molecule has 240 valence electrons. The van der Waals surface area contributed by atoms with E-state index in [0.29, 0.717) is 35.1 Å². The quantitative estimate of drug-likeness (QED) is 0.188. The van der Waals surface area contributed by atoms with E-state index < -0.39 is 0 Å². The highest BCUT2D eigenvalue weighted by Gasteiger charge is 2.20. The molecule has 1 atom stereocenters. The lowest BCUT2D eigenvalue weighted by Crippen LogP contribution is -2.33. The van der Waals surface area contributed by atoms with Crippen LogP contribution in [-0.4, -0.2) is 64.7 Å². The van der Waals surface area contributed by atoms with Crippen LogP contribution in [-0.2, 0) is 13.1 Å². The molecule has 46 heavy (non-hydrogen) atoms. The standard InChI is InChI=1S/C36H42ClN7O2/c1-23-14-15-25(41-23)18-38-19-32-35(45-3)43-31(21-39-32)29-13-9-12-28(34(29)37)26-10-8-11-27(24(26)2)30-20-40-33(36(42-30)46-4)22-44-16-6-5-7-17-44/h8-13,20-21,25,38,41H,1,5-7,14-19,22H2,2-4H3/t25-/m0/s1. The Morgan fingerprint density at radius 1 is 0.891 bits per heavy atom. The molecule has 0 aliphatic carbocycles. The first-order valence-electron chi connectivity index (χ1n) is 16.0. The van der Waals surface area contributed by atoms with Crippen LogP contribution in [0, 0.1) is 6.92 Å². The zero-order valence-corrected chi connectivity index (χ0v) is 27.7. The minimum atomic E-state index is 0.382. The second-order valence-corrected chi connectivity index (χ2v) is 12.4. The van der Waals surface area contributed by atoms with Crippen molar-refractivity contribution in [3.63, 3.8) is 0 Å². The van der Waals surface area contributed by atoms with E-state index in [9.17, 15) is 0 Å². The molecule has 6 rings (SSSR count). The number of halogens is 1. The van der Waals surface area contributed by atoms with Crippen LogP contribution in [0.2, 0.25) is 5.02 Å². The van der Waals surface area contributed by atoms with Crippen LogP contribution in [0.5, 0.6) is 11.8 Å². The van der Waals surface area contributed by atoms with Crippen molar-refractivity contribution in [1.82, 2.24) is 35.5 Å². The Bertz CT molecular complexity index is 1710. The van der Waals surface area contributed by atoms with Gasteiger partial charge in [-0.15, -0.1) is 0 Å². The van der Waals surface area contributed by atoms with Crippen LogP contribution in [0.15, 0.2) is 61.1 Å². The van der Waals surface area contributed by atoms with Gasteiger partial charge in [-0.05, 0) is 56.8 Å². The van der Waals surface area contributed by atoms with Crippen molar-refractivity contribution in [3.8, 4) is 45.4 Å². The molecule has 4 aromatic rings. The van der Waals surface area contributed by atoms with Gasteiger partial charge in [-0.2, -0.15) is 0 Å². The molecule has 2 fully saturated rings. The number of likely N-dealkylation sites (tertiary alicyclic amines) is 1. The average molecular weight is 640 g/mol. The summed E-state index contributed by atoms with van der Waals surface area (Å²) in [6.45, 7) is 10.4. The Labute approximate surface area is 276 Å². The van der Waals surface area contributed by atoms with Crippen LogP contribution in [0.4, 0.5) is 0 Å². The average Bonchev–Trinajstić information content (AvgIpc) is 3.50. The molecule has 0 saturated carbocycles. The SMILES string of the molecule is C=C1CC[C@@H](CNCc2ncc(-c3cccc(-c4cccc(-c5cnc(CN6CCCCC6)c(OC)n5)c4C)c3Cl)nc2OC)N1. The number of methoxy groups -OCH3 is 2. The van der Waals surface area contributed by atoms with E-state index in [2.05, 4.69) is 41.2 Å². The lowest BCUT2D eigenvalue weighted by molar-refractivity contribution is 0.214. The molecule has 9 nitrogen and oxygen atoms in total. The normalized spacial score (nSPS) is 16.8. The fraction of sp³-hybridized carbons (Fsp3) is 0.389. The zero-order valence-electron chi connectivity index (χ0n) is 26.9. The molecule has 2 aromatic carbocycles. The molecule has 2 aliphatic rings. The van der Waals surface area contributed by atoms with E-state index in [0.717, 1.165) is 89.6 Å². The first-order chi connectivity index (χ1) is 22.4. The van der Waals surface area contributed by atoms with E-state index in [-0.39, 0.29) is 0 Å². The van der Waals surface area contributed by atoms with E-state index in [1.165, 1.54) is 19.3 Å². The van der Waals surface area contributed by atoms with Gasteiger partial charge in [0.1, 0.15) is 11.4 Å². The smallest absolute Gasteiger partial charge is 0.237 e. The van der Waals surface area contributed by atoms with Gasteiger partial charge in [0.2, 0.25) is 11.8 Å². The van der Waals surface area contributed by atoms with Gasteiger partial charge in [0.05, 0.1) is 43.0 Å². The third-order valence-corrected chi connectivity index (χ3v) is 9.30. The summed E-state index contributed by atoms with van der Waals surface area (Å²) in [5.74, 6) is 1.05. The van der Waals surface area contributed by atoms with Gasteiger partial charge in [-0.25, -0.2) is 9.97 Å². The highest BCUT2D eigenvalue weighted by atomic mass is 35.5. The van der Waals surface area contributed by atoms with Crippen LogP contribution < -0.4 is 20.1 Å². The molecular weight excluding hydrogens is 598 g/mol. The fourth-order valence-electron chi connectivity index (χ4n) is 6.38. The molecule has 0 amide bonds. The maximum Gasteiger partial charge on any atom is 0.237 e. The minimum absolute atomic E-state index is 0.382. The number of benzene rings is 2. The summed E-state index contributed by atoms with van der Waals surface area (Å²) in [7, 11) is 3.28. The highest BCUT2D eigenvalue weighted by Crippen LogP contribution is 2.40. The van der Waals surface area contributed by atoms with Crippen LogP contribution in [0.25, 0.3) is 33.6 Å². The van der Waals surface area contributed by atoms with Crippen molar-refractivity contribution >= 4 is 11.6 Å². The Morgan fingerprint density at radius 2 is 1.52 bits per heavy atom. The number of hydrogen-bond donors (Lipinski definition) is 2. The Kier molecular flexibility index (Phi) is 10.1. The van der Waals surface area contributed by atoms with Crippen molar-refractivity contribution in [2.24, 2.45) is 0 Å². The van der Waals surface area contributed by atoms with E-state index >= 15 is 0 Å². The minimum Gasteiger partial charge on any atom is -0.480 e. The van der Waals surface area contributed by atoms with Crippen LogP contribution >= 0.6 is 11.6 Å². The highest BCUT2D eigenvalue weighted by molar-refractivity contribution is 6.36. The van der Waals surface area contributed by atoms with E-state index in [4.69, 9.17) is 41.0 Å². The number of rotatable bonds is 11. The summed E-state index contributed by atoms with van der Waals surface area (Å²) < 4.78 is 11.4. The van der Waals surface area contributed by atoms with Crippen LogP contribution in [0.3, 0.4) is 0 Å². The Balaban J connectivity index is 1.24.